The maximum Gasteiger partial charge on any atom is 0.106 e. The Hall–Kier alpha value is -2.00. The number of hydrogen-bond acceptors (Lipinski definition) is 2. The Kier molecular flexibility index (Phi) is 4.34. The number of aromatic nitrogens is 2. The lowest BCUT2D eigenvalue weighted by Gasteiger charge is -2.29. The van der Waals surface area contributed by atoms with Crippen LogP contribution >= 0.6 is 15.9 Å². The average molecular weight is 353 g/mol. The highest BCUT2D eigenvalue weighted by atomic mass is 79.9. The fraction of sp³-hybridized carbons (Fsp3) is 0.158. The molecule has 0 amide bonds. The van der Waals surface area contributed by atoms with Gasteiger partial charge in [0.15, 0.2) is 0 Å². The van der Waals surface area contributed by atoms with Gasteiger partial charge in [0.1, 0.15) is 4.60 Å². The minimum atomic E-state index is -0.212. The third-order valence-electron chi connectivity index (χ3n) is 3.95. The molecule has 0 saturated heterocycles. The zero-order valence-corrected chi connectivity index (χ0v) is 14.0. The van der Waals surface area contributed by atoms with E-state index in [1.54, 1.807) is 0 Å². The zero-order chi connectivity index (χ0) is 15.4. The minimum Gasteiger partial charge on any atom is -0.260 e. The van der Waals surface area contributed by atoms with Gasteiger partial charge in [-0.15, -0.1) is 0 Å². The highest BCUT2D eigenvalue weighted by Gasteiger charge is 2.31. The predicted molar refractivity (Wildman–Crippen MR) is 92.8 cm³/mol. The Morgan fingerprint density at radius 2 is 1.68 bits per heavy atom. The van der Waals surface area contributed by atoms with Crippen LogP contribution < -0.4 is 0 Å². The second-order valence-corrected chi connectivity index (χ2v) is 6.35. The van der Waals surface area contributed by atoms with E-state index in [0.29, 0.717) is 0 Å². The van der Waals surface area contributed by atoms with Crippen molar-refractivity contribution in [2.75, 3.05) is 0 Å². The normalized spacial score (nSPS) is 13.5. The van der Waals surface area contributed by atoms with Gasteiger partial charge in [-0.3, -0.25) is 4.98 Å². The molecule has 0 saturated carbocycles. The summed E-state index contributed by atoms with van der Waals surface area (Å²) in [6.07, 6.45) is 2.65. The molecule has 0 N–H and O–H groups in total. The van der Waals surface area contributed by atoms with Crippen LogP contribution in [0.1, 0.15) is 23.9 Å². The third kappa shape index (κ3) is 3.09. The van der Waals surface area contributed by atoms with E-state index < -0.39 is 0 Å². The van der Waals surface area contributed by atoms with Crippen LogP contribution in [0.25, 0.3) is 0 Å². The van der Waals surface area contributed by atoms with Crippen LogP contribution in [0.15, 0.2) is 77.5 Å². The lowest BCUT2D eigenvalue weighted by Crippen LogP contribution is -2.28. The first-order valence-corrected chi connectivity index (χ1v) is 8.06. The summed E-state index contributed by atoms with van der Waals surface area (Å²) < 4.78 is 0.862. The number of benzene rings is 1. The molecule has 0 aliphatic heterocycles. The number of halogens is 1. The number of nitrogens with zero attached hydrogens (tertiary/aromatic N) is 2. The smallest absolute Gasteiger partial charge is 0.106 e. The first-order valence-electron chi connectivity index (χ1n) is 7.27. The van der Waals surface area contributed by atoms with Gasteiger partial charge in [-0.25, -0.2) is 4.98 Å². The average Bonchev–Trinajstić information content (AvgIpc) is 2.56. The molecular weight excluding hydrogens is 336 g/mol. The van der Waals surface area contributed by atoms with E-state index in [2.05, 4.69) is 69.2 Å². The van der Waals surface area contributed by atoms with Crippen LogP contribution in [0.3, 0.4) is 0 Å². The van der Waals surface area contributed by atoms with E-state index in [4.69, 9.17) is 0 Å². The molecule has 3 rings (SSSR count). The first kappa shape index (κ1) is 14.9. The monoisotopic (exact) mass is 352 g/mol. The van der Waals surface area contributed by atoms with Gasteiger partial charge in [-0.2, -0.15) is 0 Å². The van der Waals surface area contributed by atoms with Crippen molar-refractivity contribution in [3.05, 3.63) is 94.5 Å². The lowest BCUT2D eigenvalue weighted by molar-refractivity contribution is 0.541. The molecule has 0 fully saturated rings. The van der Waals surface area contributed by atoms with Gasteiger partial charge >= 0.3 is 0 Å². The molecule has 0 radical (unpaired) electrons. The summed E-state index contributed by atoms with van der Waals surface area (Å²) in [5.74, 6) is 0. The van der Waals surface area contributed by atoms with Gasteiger partial charge in [-0.05, 0) is 52.7 Å². The van der Waals surface area contributed by atoms with E-state index in [1.165, 1.54) is 5.56 Å². The number of hydrogen-bond donors (Lipinski definition) is 0. The van der Waals surface area contributed by atoms with Crippen LogP contribution in [0.2, 0.25) is 0 Å². The Labute approximate surface area is 139 Å². The van der Waals surface area contributed by atoms with Gasteiger partial charge < -0.3 is 0 Å². The molecule has 2 heterocycles. The molecule has 1 unspecified atom stereocenters. The van der Waals surface area contributed by atoms with Crippen molar-refractivity contribution in [2.24, 2.45) is 0 Å². The minimum absolute atomic E-state index is 0.212. The van der Waals surface area contributed by atoms with Crippen LogP contribution in [0.5, 0.6) is 0 Å². The van der Waals surface area contributed by atoms with Crippen molar-refractivity contribution in [1.29, 1.82) is 0 Å². The Bertz CT molecular complexity index is 702. The van der Waals surface area contributed by atoms with E-state index >= 15 is 0 Å². The summed E-state index contributed by atoms with van der Waals surface area (Å²) in [7, 11) is 0. The third-order valence-corrected chi connectivity index (χ3v) is 4.39. The second-order valence-electron chi connectivity index (χ2n) is 5.54. The molecule has 1 aromatic carbocycles. The van der Waals surface area contributed by atoms with E-state index in [1.807, 2.05) is 36.5 Å². The quantitative estimate of drug-likeness (QED) is 0.631. The van der Waals surface area contributed by atoms with Gasteiger partial charge in [0, 0.05) is 23.7 Å². The van der Waals surface area contributed by atoms with Crippen molar-refractivity contribution in [3.63, 3.8) is 0 Å². The summed E-state index contributed by atoms with van der Waals surface area (Å²) in [6, 6.07) is 22.6. The van der Waals surface area contributed by atoms with Crippen molar-refractivity contribution < 1.29 is 0 Å². The molecule has 3 aromatic rings. The summed E-state index contributed by atoms with van der Waals surface area (Å²) in [6.45, 7) is 2.23. The summed E-state index contributed by atoms with van der Waals surface area (Å²) in [5.41, 5.74) is 3.14. The molecule has 0 aliphatic carbocycles. The van der Waals surface area contributed by atoms with Crippen LogP contribution in [-0.4, -0.2) is 9.97 Å². The Morgan fingerprint density at radius 3 is 2.36 bits per heavy atom. The lowest BCUT2D eigenvalue weighted by atomic mass is 9.75. The molecule has 2 aromatic heterocycles. The molecule has 2 nitrogen and oxygen atoms in total. The zero-order valence-electron chi connectivity index (χ0n) is 12.4. The molecule has 0 aliphatic rings. The topological polar surface area (TPSA) is 25.8 Å². The second kappa shape index (κ2) is 6.41. The van der Waals surface area contributed by atoms with Crippen LogP contribution in [0.4, 0.5) is 0 Å². The summed E-state index contributed by atoms with van der Waals surface area (Å²) >= 11 is 3.46. The van der Waals surface area contributed by atoms with E-state index in [9.17, 15) is 0 Å². The maximum atomic E-state index is 4.61. The predicted octanol–water partition coefficient (Wildman–Crippen LogP) is 4.79. The first-order chi connectivity index (χ1) is 10.7. The fourth-order valence-corrected chi connectivity index (χ4v) is 3.13. The largest absolute Gasteiger partial charge is 0.260 e. The summed E-state index contributed by atoms with van der Waals surface area (Å²) in [5, 5.41) is 0. The molecule has 0 bridgehead atoms. The van der Waals surface area contributed by atoms with Crippen molar-refractivity contribution in [2.45, 2.75) is 18.8 Å². The Morgan fingerprint density at radius 1 is 0.909 bits per heavy atom. The van der Waals surface area contributed by atoms with Crippen molar-refractivity contribution in [1.82, 2.24) is 9.97 Å². The van der Waals surface area contributed by atoms with Gasteiger partial charge in [0.2, 0.25) is 0 Å². The standard InChI is InChI=1S/C19H17BrN2/c1-19(15-8-3-2-4-9-15,17-11-5-6-13-21-17)14-16-10-7-12-18(20)22-16/h2-13H,14H2,1H3. The van der Waals surface area contributed by atoms with Crippen LogP contribution in [0, 0.1) is 0 Å². The number of rotatable bonds is 4. The van der Waals surface area contributed by atoms with Gasteiger partial charge in [-0.1, -0.05) is 42.5 Å². The summed E-state index contributed by atoms with van der Waals surface area (Å²) in [4.78, 5) is 9.20. The van der Waals surface area contributed by atoms with Crippen molar-refractivity contribution >= 4 is 15.9 Å². The fourth-order valence-electron chi connectivity index (χ4n) is 2.75. The van der Waals surface area contributed by atoms with Gasteiger partial charge in [0.25, 0.3) is 0 Å². The number of pyridine rings is 2. The molecule has 3 heteroatoms. The highest BCUT2D eigenvalue weighted by molar-refractivity contribution is 9.10. The molecule has 22 heavy (non-hydrogen) atoms. The van der Waals surface area contributed by atoms with Crippen LogP contribution in [-0.2, 0) is 11.8 Å². The maximum absolute atomic E-state index is 4.61. The molecular formula is C19H17BrN2. The van der Waals surface area contributed by atoms with Gasteiger partial charge in [0.05, 0.1) is 5.69 Å². The highest BCUT2D eigenvalue weighted by Crippen LogP contribution is 2.33. The molecule has 1 atom stereocenters. The SMILES string of the molecule is CC(Cc1cccc(Br)n1)(c1ccccc1)c1ccccn1. The van der Waals surface area contributed by atoms with Crippen molar-refractivity contribution in [3.8, 4) is 0 Å². The molecule has 110 valence electrons. The van der Waals surface area contributed by atoms with E-state index in [-0.39, 0.29) is 5.41 Å². The molecule has 0 spiro atoms. The Balaban J connectivity index is 2.08. The van der Waals surface area contributed by atoms with E-state index in [0.717, 1.165) is 22.4 Å².